The van der Waals surface area contributed by atoms with Gasteiger partial charge in [-0.15, -0.1) is 0 Å². The van der Waals surface area contributed by atoms with E-state index < -0.39 is 10.0 Å². The maximum absolute atomic E-state index is 12.7. The molecule has 1 unspecified atom stereocenters. The van der Waals surface area contributed by atoms with Crippen molar-refractivity contribution in [2.75, 3.05) is 5.73 Å². The van der Waals surface area contributed by atoms with E-state index in [0.29, 0.717) is 5.69 Å². The van der Waals surface area contributed by atoms with Gasteiger partial charge < -0.3 is 5.73 Å². The monoisotopic (exact) mass is 312 g/mol. The summed E-state index contributed by atoms with van der Waals surface area (Å²) in [5.74, 6) is 0. The first-order chi connectivity index (χ1) is 9.83. The van der Waals surface area contributed by atoms with E-state index in [1.165, 1.54) is 0 Å². The van der Waals surface area contributed by atoms with Gasteiger partial charge in [0, 0.05) is 6.04 Å². The van der Waals surface area contributed by atoms with Crippen LogP contribution in [0.25, 0.3) is 0 Å². The standard InChI is InChI=1S/C16H28N2O2S/c1-5-7-9-14(8-6-2)18-21(19,20)16-13(4)12(3)10-11-15(16)17/h10-11,14,18H,5-9,17H2,1-4H3. The van der Waals surface area contributed by atoms with Crippen molar-refractivity contribution in [1.29, 1.82) is 0 Å². The number of sulfonamides is 1. The van der Waals surface area contributed by atoms with Gasteiger partial charge in [0.15, 0.2) is 0 Å². The molecule has 120 valence electrons. The fraction of sp³-hybridized carbons (Fsp3) is 0.625. The smallest absolute Gasteiger partial charge is 0.243 e. The number of rotatable bonds is 8. The van der Waals surface area contributed by atoms with Crippen molar-refractivity contribution in [2.45, 2.75) is 70.7 Å². The van der Waals surface area contributed by atoms with Gasteiger partial charge in [-0.3, -0.25) is 0 Å². The highest BCUT2D eigenvalue weighted by molar-refractivity contribution is 7.89. The molecule has 1 aromatic carbocycles. The maximum Gasteiger partial charge on any atom is 0.243 e. The number of aryl methyl sites for hydroxylation is 1. The first kappa shape index (κ1) is 18.0. The van der Waals surface area contributed by atoms with Crippen LogP contribution in [0.4, 0.5) is 5.69 Å². The Balaban J connectivity index is 3.07. The molecule has 5 heteroatoms. The lowest BCUT2D eigenvalue weighted by Gasteiger charge is -2.20. The van der Waals surface area contributed by atoms with Crippen LogP contribution in [0.5, 0.6) is 0 Å². The van der Waals surface area contributed by atoms with E-state index in [1.807, 2.05) is 13.0 Å². The fourth-order valence-electron chi connectivity index (χ4n) is 2.51. The molecule has 0 heterocycles. The second kappa shape index (κ2) is 7.80. The van der Waals surface area contributed by atoms with E-state index in [-0.39, 0.29) is 10.9 Å². The molecule has 3 N–H and O–H groups in total. The summed E-state index contributed by atoms with van der Waals surface area (Å²) in [6.45, 7) is 7.88. The number of anilines is 1. The van der Waals surface area contributed by atoms with Crippen molar-refractivity contribution in [2.24, 2.45) is 0 Å². The summed E-state index contributed by atoms with van der Waals surface area (Å²) < 4.78 is 28.2. The third kappa shape index (κ3) is 4.71. The van der Waals surface area contributed by atoms with E-state index in [0.717, 1.165) is 43.2 Å². The lowest BCUT2D eigenvalue weighted by Crippen LogP contribution is -2.35. The topological polar surface area (TPSA) is 72.2 Å². The van der Waals surface area contributed by atoms with Crippen LogP contribution in [0, 0.1) is 13.8 Å². The molecule has 0 aromatic heterocycles. The van der Waals surface area contributed by atoms with Crippen LogP contribution < -0.4 is 10.5 Å². The molecule has 1 aromatic rings. The Bertz CT molecular complexity index is 568. The summed E-state index contributed by atoms with van der Waals surface area (Å²) in [5.41, 5.74) is 7.89. The summed E-state index contributed by atoms with van der Waals surface area (Å²) in [7, 11) is -3.57. The molecule has 1 rings (SSSR count). The molecule has 0 spiro atoms. The van der Waals surface area contributed by atoms with Gasteiger partial charge in [0.05, 0.1) is 5.69 Å². The quantitative estimate of drug-likeness (QED) is 0.721. The van der Waals surface area contributed by atoms with E-state index in [2.05, 4.69) is 18.6 Å². The normalized spacial score (nSPS) is 13.3. The number of nitrogen functional groups attached to an aromatic ring is 1. The summed E-state index contributed by atoms with van der Waals surface area (Å²) in [6.07, 6.45) is 4.76. The highest BCUT2D eigenvalue weighted by Gasteiger charge is 2.24. The Morgan fingerprint density at radius 3 is 2.38 bits per heavy atom. The lowest BCUT2D eigenvalue weighted by atomic mass is 10.1. The second-order valence-corrected chi connectivity index (χ2v) is 7.33. The predicted molar refractivity (Wildman–Crippen MR) is 88.9 cm³/mol. The Morgan fingerprint density at radius 2 is 1.81 bits per heavy atom. The number of benzene rings is 1. The first-order valence-corrected chi connectivity index (χ1v) is 9.19. The molecule has 0 aliphatic carbocycles. The molecule has 4 nitrogen and oxygen atoms in total. The maximum atomic E-state index is 12.7. The fourth-order valence-corrected chi connectivity index (χ4v) is 4.24. The molecule has 0 fully saturated rings. The van der Waals surface area contributed by atoms with Gasteiger partial charge in [-0.05, 0) is 43.9 Å². The highest BCUT2D eigenvalue weighted by Crippen LogP contribution is 2.26. The third-order valence-corrected chi connectivity index (χ3v) is 5.56. The zero-order valence-corrected chi connectivity index (χ0v) is 14.4. The number of hydrogen-bond donors (Lipinski definition) is 2. The largest absolute Gasteiger partial charge is 0.398 e. The summed E-state index contributed by atoms with van der Waals surface area (Å²) in [4.78, 5) is 0.236. The third-order valence-electron chi connectivity index (χ3n) is 3.84. The van der Waals surface area contributed by atoms with Crippen molar-refractivity contribution in [3.05, 3.63) is 23.3 Å². The van der Waals surface area contributed by atoms with Gasteiger partial charge in [-0.1, -0.05) is 39.2 Å². The molecule has 0 bridgehead atoms. The average molecular weight is 312 g/mol. The summed E-state index contributed by atoms with van der Waals surface area (Å²) in [6, 6.07) is 3.50. The van der Waals surface area contributed by atoms with Crippen LogP contribution in [0.3, 0.4) is 0 Å². The van der Waals surface area contributed by atoms with Gasteiger partial charge in [0.1, 0.15) is 4.90 Å². The molecule has 0 aliphatic heterocycles. The molecule has 21 heavy (non-hydrogen) atoms. The molecule has 0 saturated carbocycles. The van der Waals surface area contributed by atoms with Crippen LogP contribution >= 0.6 is 0 Å². The van der Waals surface area contributed by atoms with E-state index in [4.69, 9.17) is 5.73 Å². The Hall–Kier alpha value is -1.07. The highest BCUT2D eigenvalue weighted by atomic mass is 32.2. The first-order valence-electron chi connectivity index (χ1n) is 7.71. The molecule has 0 aliphatic rings. The van der Waals surface area contributed by atoms with Gasteiger partial charge in [-0.25, -0.2) is 13.1 Å². The van der Waals surface area contributed by atoms with E-state index in [9.17, 15) is 8.42 Å². The lowest BCUT2D eigenvalue weighted by molar-refractivity contribution is 0.483. The zero-order chi connectivity index (χ0) is 16.0. The predicted octanol–water partition coefficient (Wildman–Crippen LogP) is 3.52. The Labute approximate surface area is 129 Å². The summed E-state index contributed by atoms with van der Waals surface area (Å²) >= 11 is 0. The van der Waals surface area contributed by atoms with Crippen molar-refractivity contribution in [3.63, 3.8) is 0 Å². The number of nitrogens with one attached hydrogen (secondary N) is 1. The van der Waals surface area contributed by atoms with E-state index in [1.54, 1.807) is 13.0 Å². The van der Waals surface area contributed by atoms with Crippen LogP contribution in [-0.4, -0.2) is 14.5 Å². The van der Waals surface area contributed by atoms with Gasteiger partial charge in [0.2, 0.25) is 10.0 Å². The average Bonchev–Trinajstić information content (AvgIpc) is 2.40. The van der Waals surface area contributed by atoms with Gasteiger partial charge in [0.25, 0.3) is 0 Å². The van der Waals surface area contributed by atoms with Crippen molar-refractivity contribution in [3.8, 4) is 0 Å². The number of unbranched alkanes of at least 4 members (excludes halogenated alkanes) is 1. The Kier molecular flexibility index (Phi) is 6.68. The van der Waals surface area contributed by atoms with Crippen LogP contribution in [0.15, 0.2) is 17.0 Å². The number of nitrogens with two attached hydrogens (primary N) is 1. The molecule has 0 amide bonds. The number of hydrogen-bond acceptors (Lipinski definition) is 3. The van der Waals surface area contributed by atoms with Gasteiger partial charge >= 0.3 is 0 Å². The van der Waals surface area contributed by atoms with Crippen LogP contribution in [-0.2, 0) is 10.0 Å². The molecule has 0 saturated heterocycles. The molecule has 1 atom stereocenters. The second-order valence-electron chi connectivity index (χ2n) is 5.67. The Morgan fingerprint density at radius 1 is 1.14 bits per heavy atom. The minimum absolute atomic E-state index is 0.0146. The minimum Gasteiger partial charge on any atom is -0.398 e. The van der Waals surface area contributed by atoms with Crippen molar-refractivity contribution < 1.29 is 8.42 Å². The zero-order valence-electron chi connectivity index (χ0n) is 13.6. The SMILES string of the molecule is CCCCC(CCC)NS(=O)(=O)c1c(N)ccc(C)c1C. The van der Waals surface area contributed by atoms with Crippen molar-refractivity contribution in [1.82, 2.24) is 4.72 Å². The molecular formula is C16H28N2O2S. The molecule has 0 radical (unpaired) electrons. The van der Waals surface area contributed by atoms with E-state index >= 15 is 0 Å². The van der Waals surface area contributed by atoms with Gasteiger partial charge in [-0.2, -0.15) is 0 Å². The van der Waals surface area contributed by atoms with Crippen LogP contribution in [0.1, 0.15) is 57.1 Å². The minimum atomic E-state index is -3.57. The molecular weight excluding hydrogens is 284 g/mol. The van der Waals surface area contributed by atoms with Crippen LogP contribution in [0.2, 0.25) is 0 Å². The van der Waals surface area contributed by atoms with Crippen molar-refractivity contribution >= 4 is 15.7 Å². The summed E-state index contributed by atoms with van der Waals surface area (Å²) in [5, 5.41) is 0.